The molecule has 31 heavy (non-hydrogen) atoms. The van der Waals surface area contributed by atoms with Gasteiger partial charge in [-0.15, -0.1) is 0 Å². The number of carbonyl (C=O) groups is 4. The first-order valence-corrected chi connectivity index (χ1v) is 10.1. The van der Waals surface area contributed by atoms with Crippen molar-refractivity contribution in [2.75, 3.05) is 13.2 Å². The number of aromatic hydroxyl groups is 1. The van der Waals surface area contributed by atoms with Gasteiger partial charge in [-0.05, 0) is 49.3 Å². The van der Waals surface area contributed by atoms with Crippen LogP contribution in [-0.2, 0) is 25.5 Å². The second-order valence-corrected chi connectivity index (χ2v) is 7.43. The summed E-state index contributed by atoms with van der Waals surface area (Å²) >= 11 is 0. The second kappa shape index (κ2) is 11.1. The Kier molecular flexibility index (Phi) is 8.57. The summed E-state index contributed by atoms with van der Waals surface area (Å²) in [4.78, 5) is 51.5. The molecule has 0 fully saturated rings. The smallest absolute Gasteiger partial charge is 0.342 e. The number of hydrogen-bond donors (Lipinski definition) is 1. The van der Waals surface area contributed by atoms with Crippen LogP contribution in [0.5, 0.6) is 11.5 Å². The van der Waals surface area contributed by atoms with Crippen molar-refractivity contribution in [3.63, 3.8) is 0 Å². The molecular weight excluding hydrogens is 406 g/mol. The van der Waals surface area contributed by atoms with E-state index < -0.39 is 29.4 Å². The van der Waals surface area contributed by atoms with Crippen molar-refractivity contribution < 1.29 is 33.8 Å². The summed E-state index contributed by atoms with van der Waals surface area (Å²) in [6.07, 6.45) is -0.196. The lowest BCUT2D eigenvalue weighted by Crippen LogP contribution is -2.27. The molecule has 0 aromatic heterocycles. The van der Waals surface area contributed by atoms with Gasteiger partial charge >= 0.3 is 5.97 Å². The summed E-state index contributed by atoms with van der Waals surface area (Å²) in [5.41, 5.74) is 8.67. The van der Waals surface area contributed by atoms with Gasteiger partial charge in [-0.1, -0.05) is 12.0 Å². The third-order valence-corrected chi connectivity index (χ3v) is 5.18. The molecule has 10 heteroatoms. The summed E-state index contributed by atoms with van der Waals surface area (Å²) in [6, 6.07) is 2.80. The molecule has 10 nitrogen and oxygen atoms in total. The van der Waals surface area contributed by atoms with Crippen molar-refractivity contribution >= 4 is 23.3 Å². The minimum Gasteiger partial charge on any atom is -0.507 e. The van der Waals surface area contributed by atoms with Crippen molar-refractivity contribution in [1.82, 2.24) is 0 Å². The Bertz CT molecular complexity index is 922. The Labute approximate surface area is 179 Å². The summed E-state index contributed by atoms with van der Waals surface area (Å²) in [7, 11) is 0. The minimum absolute atomic E-state index is 0.0339. The topological polar surface area (TPSA) is 156 Å². The van der Waals surface area contributed by atoms with Crippen LogP contribution in [0.2, 0.25) is 0 Å². The average molecular weight is 431 g/mol. The zero-order chi connectivity index (χ0) is 23.0. The first-order valence-electron chi connectivity index (χ1n) is 10.1. The monoisotopic (exact) mass is 431 g/mol. The second-order valence-electron chi connectivity index (χ2n) is 7.43. The molecule has 166 valence electrons. The Morgan fingerprint density at radius 1 is 1.16 bits per heavy atom. The highest BCUT2D eigenvalue weighted by atomic mass is 16.5. The quantitative estimate of drug-likeness (QED) is 0.192. The van der Waals surface area contributed by atoms with Crippen molar-refractivity contribution in [3.8, 4) is 11.5 Å². The lowest BCUT2D eigenvalue weighted by atomic mass is 9.94. The van der Waals surface area contributed by atoms with Gasteiger partial charge in [0.05, 0.1) is 13.2 Å². The van der Waals surface area contributed by atoms with Crippen molar-refractivity contribution in [2.24, 2.45) is 11.0 Å². The summed E-state index contributed by atoms with van der Waals surface area (Å²) < 4.78 is 10.9. The van der Waals surface area contributed by atoms with Crippen LogP contribution >= 0.6 is 0 Å². The Hall–Kier alpha value is -3.39. The number of ether oxygens (including phenoxy) is 2. The third kappa shape index (κ3) is 6.55. The predicted molar refractivity (Wildman–Crippen MR) is 109 cm³/mol. The fourth-order valence-electron chi connectivity index (χ4n) is 3.18. The van der Waals surface area contributed by atoms with E-state index in [9.17, 15) is 24.3 Å². The van der Waals surface area contributed by atoms with Crippen LogP contribution < -0.4 is 4.74 Å². The molecule has 1 aliphatic heterocycles. The van der Waals surface area contributed by atoms with Crippen LogP contribution in [0.15, 0.2) is 17.2 Å². The molecule has 1 aromatic rings. The number of cyclic esters (lactones) is 1. The SMILES string of the molecule is C[C@@H]1OC(=O)c2c(O)cc(OCCN=[N+]=[N-])cc2CCCC(=O)C(=O)C(=O)CC[C@@H]1C. The third-order valence-electron chi connectivity index (χ3n) is 5.18. The Morgan fingerprint density at radius 2 is 1.87 bits per heavy atom. The van der Waals surface area contributed by atoms with Gasteiger partial charge in [-0.3, -0.25) is 14.4 Å². The number of aryl methyl sites for hydroxylation is 1. The van der Waals surface area contributed by atoms with Crippen LogP contribution in [-0.4, -0.2) is 47.7 Å². The van der Waals surface area contributed by atoms with Gasteiger partial charge in [0.15, 0.2) is 0 Å². The van der Waals surface area contributed by atoms with Crippen LogP contribution in [0, 0.1) is 5.92 Å². The van der Waals surface area contributed by atoms with E-state index in [0.717, 1.165) is 0 Å². The number of azide groups is 1. The Morgan fingerprint density at radius 3 is 2.58 bits per heavy atom. The molecule has 0 unspecified atom stereocenters. The number of Topliss-reactive ketones (excluding diaryl/α,β-unsaturated/α-hetero) is 3. The molecule has 1 heterocycles. The van der Waals surface area contributed by atoms with Gasteiger partial charge < -0.3 is 14.6 Å². The van der Waals surface area contributed by atoms with Gasteiger partial charge in [0.1, 0.15) is 23.2 Å². The molecule has 1 aromatic carbocycles. The number of carbonyl (C=O) groups excluding carboxylic acids is 4. The van der Waals surface area contributed by atoms with E-state index in [1.807, 2.05) is 0 Å². The molecule has 0 bridgehead atoms. The molecule has 1 aliphatic rings. The normalized spacial score (nSPS) is 20.8. The molecular formula is C21H25N3O7. The van der Waals surface area contributed by atoms with E-state index >= 15 is 0 Å². The summed E-state index contributed by atoms with van der Waals surface area (Å²) in [6.45, 7) is 3.58. The molecule has 2 atom stereocenters. The highest BCUT2D eigenvalue weighted by molar-refractivity contribution is 6.63. The van der Waals surface area contributed by atoms with E-state index in [2.05, 4.69) is 10.0 Å². The number of esters is 1. The van der Waals surface area contributed by atoms with Gasteiger partial charge in [0, 0.05) is 23.8 Å². The highest BCUT2D eigenvalue weighted by Gasteiger charge is 2.27. The standard InChI is InChI=1S/C21H25N3O7/c1-12-6-7-17(26)20(28)16(25)5-3-4-14-10-15(30-9-8-23-24-22)11-18(27)19(14)21(29)31-13(12)2/h10-13,27H,3-9H2,1-2H3/t12-,13-/m0/s1. The molecule has 0 aliphatic carbocycles. The first-order chi connectivity index (χ1) is 14.7. The molecule has 0 amide bonds. The van der Waals surface area contributed by atoms with Crippen LogP contribution in [0.4, 0.5) is 0 Å². The van der Waals surface area contributed by atoms with Gasteiger partial charge in [0.25, 0.3) is 5.78 Å². The van der Waals surface area contributed by atoms with Crippen molar-refractivity contribution in [1.29, 1.82) is 0 Å². The average Bonchev–Trinajstić information content (AvgIpc) is 2.73. The van der Waals surface area contributed by atoms with Crippen LogP contribution in [0.25, 0.3) is 10.4 Å². The highest BCUT2D eigenvalue weighted by Crippen LogP contribution is 2.31. The van der Waals surface area contributed by atoms with Crippen molar-refractivity contribution in [3.05, 3.63) is 33.7 Å². The molecule has 0 radical (unpaired) electrons. The maximum atomic E-state index is 12.8. The largest absolute Gasteiger partial charge is 0.507 e. The maximum Gasteiger partial charge on any atom is 0.342 e. The number of rotatable bonds is 4. The molecule has 1 N–H and O–H groups in total. The van der Waals surface area contributed by atoms with Crippen LogP contribution in [0.3, 0.4) is 0 Å². The van der Waals surface area contributed by atoms with E-state index in [4.69, 9.17) is 15.0 Å². The number of phenolic OH excluding ortho intramolecular Hbond substituents is 1. The van der Waals surface area contributed by atoms with E-state index in [-0.39, 0.29) is 68.2 Å². The number of fused-ring (bicyclic) bond motifs is 1. The van der Waals surface area contributed by atoms with E-state index in [0.29, 0.717) is 5.56 Å². The fraction of sp³-hybridized carbons (Fsp3) is 0.524. The van der Waals surface area contributed by atoms with Gasteiger partial charge in [0.2, 0.25) is 11.6 Å². The summed E-state index contributed by atoms with van der Waals surface area (Å²) in [5, 5.41) is 13.8. The molecule has 0 saturated heterocycles. The first kappa shape index (κ1) is 23.9. The number of phenols is 1. The lowest BCUT2D eigenvalue weighted by molar-refractivity contribution is -0.144. The van der Waals surface area contributed by atoms with Gasteiger partial charge in [-0.2, -0.15) is 0 Å². The van der Waals surface area contributed by atoms with Crippen LogP contribution in [0.1, 0.15) is 55.5 Å². The van der Waals surface area contributed by atoms with Crippen molar-refractivity contribution in [2.45, 2.75) is 52.1 Å². The molecule has 0 spiro atoms. The number of ketones is 3. The van der Waals surface area contributed by atoms with E-state index in [1.54, 1.807) is 13.8 Å². The molecule has 0 saturated carbocycles. The fourth-order valence-corrected chi connectivity index (χ4v) is 3.18. The zero-order valence-electron chi connectivity index (χ0n) is 17.5. The number of nitrogens with zero attached hydrogens (tertiary/aromatic N) is 3. The Balaban J connectivity index is 2.35. The lowest BCUT2D eigenvalue weighted by Gasteiger charge is -2.22. The number of hydrogen-bond acceptors (Lipinski definition) is 8. The number of benzene rings is 1. The van der Waals surface area contributed by atoms with E-state index in [1.165, 1.54) is 12.1 Å². The van der Waals surface area contributed by atoms with Gasteiger partial charge in [-0.25, -0.2) is 4.79 Å². The molecule has 2 rings (SSSR count). The maximum absolute atomic E-state index is 12.8. The predicted octanol–water partition coefficient (Wildman–Crippen LogP) is 3.09. The zero-order valence-corrected chi connectivity index (χ0v) is 17.5. The summed E-state index contributed by atoms with van der Waals surface area (Å²) in [5.74, 6) is -3.57. The minimum atomic E-state index is -1.01.